The molecule has 5 heteroatoms. The van der Waals surface area contributed by atoms with Crippen LogP contribution in [0.3, 0.4) is 0 Å². The third kappa shape index (κ3) is 2.32. The predicted octanol–water partition coefficient (Wildman–Crippen LogP) is 0.997. The molecule has 0 amide bonds. The first-order chi connectivity index (χ1) is 6.45. The maximum absolute atomic E-state index is 5.23. The summed E-state index contributed by atoms with van der Waals surface area (Å²) >= 11 is 0. The third-order valence-electron chi connectivity index (χ3n) is 2.12. The van der Waals surface area contributed by atoms with Gasteiger partial charge in [0.2, 0.25) is 5.95 Å². The Kier molecular flexibility index (Phi) is 2.90. The average Bonchev–Trinajstić information content (AvgIpc) is 2.15. The molecule has 0 aliphatic carbocycles. The van der Waals surface area contributed by atoms with Gasteiger partial charge >= 0.3 is 0 Å². The van der Waals surface area contributed by atoms with Crippen molar-refractivity contribution in [2.75, 3.05) is 17.4 Å². The van der Waals surface area contributed by atoms with Crippen molar-refractivity contribution in [3.63, 3.8) is 0 Å². The van der Waals surface area contributed by atoms with Gasteiger partial charge in [-0.3, -0.25) is 5.43 Å². The van der Waals surface area contributed by atoms with Gasteiger partial charge in [-0.05, 0) is 26.8 Å². The minimum atomic E-state index is 0.0280. The van der Waals surface area contributed by atoms with E-state index >= 15 is 0 Å². The summed E-state index contributed by atoms with van der Waals surface area (Å²) in [6.45, 7) is 6.35. The second-order valence-corrected chi connectivity index (χ2v) is 4.11. The summed E-state index contributed by atoms with van der Waals surface area (Å²) in [6.07, 6.45) is 1.68. The molecule has 0 aliphatic heterocycles. The molecule has 5 nitrogen and oxygen atoms in total. The van der Waals surface area contributed by atoms with Gasteiger partial charge in [-0.15, -0.1) is 0 Å². The first kappa shape index (κ1) is 10.7. The van der Waals surface area contributed by atoms with Crippen molar-refractivity contribution in [2.24, 2.45) is 5.84 Å². The quantitative estimate of drug-likeness (QED) is 0.544. The lowest BCUT2D eigenvalue weighted by atomic mass is 10.1. The smallest absolute Gasteiger partial charge is 0.239 e. The third-order valence-corrected chi connectivity index (χ3v) is 2.12. The molecule has 14 heavy (non-hydrogen) atoms. The molecule has 1 aromatic heterocycles. The van der Waals surface area contributed by atoms with E-state index in [0.29, 0.717) is 5.95 Å². The topological polar surface area (TPSA) is 67.1 Å². The van der Waals surface area contributed by atoms with Gasteiger partial charge in [0, 0.05) is 18.8 Å². The van der Waals surface area contributed by atoms with E-state index in [1.807, 2.05) is 13.1 Å². The predicted molar refractivity (Wildman–Crippen MR) is 58.0 cm³/mol. The highest BCUT2D eigenvalue weighted by molar-refractivity contribution is 5.43. The zero-order valence-corrected chi connectivity index (χ0v) is 9.07. The number of nitrogen functional groups attached to an aromatic ring is 1. The Morgan fingerprint density at radius 1 is 1.43 bits per heavy atom. The molecular formula is C9H17N5. The van der Waals surface area contributed by atoms with Crippen LogP contribution in [0.4, 0.5) is 11.8 Å². The molecule has 0 bridgehead atoms. The molecule has 0 atom stereocenters. The van der Waals surface area contributed by atoms with Crippen molar-refractivity contribution in [1.82, 2.24) is 9.97 Å². The fraction of sp³-hybridized carbons (Fsp3) is 0.556. The number of hydrazine groups is 1. The number of aromatic nitrogens is 2. The highest BCUT2D eigenvalue weighted by atomic mass is 15.3. The van der Waals surface area contributed by atoms with Crippen LogP contribution in [0.15, 0.2) is 12.3 Å². The minimum Gasteiger partial charge on any atom is -0.355 e. The number of nitrogens with two attached hydrogens (primary N) is 1. The summed E-state index contributed by atoms with van der Waals surface area (Å²) in [4.78, 5) is 10.2. The van der Waals surface area contributed by atoms with Crippen LogP contribution in [-0.2, 0) is 0 Å². The first-order valence-electron chi connectivity index (χ1n) is 4.48. The Morgan fingerprint density at radius 3 is 2.57 bits per heavy atom. The molecule has 0 unspecified atom stereocenters. The van der Waals surface area contributed by atoms with Gasteiger partial charge in [-0.1, -0.05) is 0 Å². The summed E-state index contributed by atoms with van der Waals surface area (Å²) in [5, 5.41) is 0. The molecule has 1 rings (SSSR count). The molecule has 0 spiro atoms. The molecule has 3 N–H and O–H groups in total. The van der Waals surface area contributed by atoms with Gasteiger partial charge in [0.15, 0.2) is 0 Å². The Bertz CT molecular complexity index is 304. The Hall–Kier alpha value is -1.36. The van der Waals surface area contributed by atoms with Crippen molar-refractivity contribution in [1.29, 1.82) is 0 Å². The van der Waals surface area contributed by atoms with Crippen LogP contribution in [0.25, 0.3) is 0 Å². The van der Waals surface area contributed by atoms with E-state index in [0.717, 1.165) is 5.82 Å². The van der Waals surface area contributed by atoms with Gasteiger partial charge in [-0.25, -0.2) is 10.8 Å². The number of rotatable bonds is 2. The monoisotopic (exact) mass is 195 g/mol. The summed E-state index contributed by atoms with van der Waals surface area (Å²) in [7, 11) is 1.99. The molecule has 1 aromatic rings. The summed E-state index contributed by atoms with van der Waals surface area (Å²) in [6, 6.07) is 1.85. The Labute approximate surface area is 84.3 Å². The van der Waals surface area contributed by atoms with Crippen molar-refractivity contribution >= 4 is 11.8 Å². The maximum Gasteiger partial charge on any atom is 0.239 e. The lowest BCUT2D eigenvalue weighted by Gasteiger charge is -2.32. The van der Waals surface area contributed by atoms with Gasteiger partial charge in [0.05, 0.1) is 0 Å². The van der Waals surface area contributed by atoms with E-state index in [-0.39, 0.29) is 5.54 Å². The standard InChI is InChI=1S/C9H17N5/c1-9(2,3)14(4)7-5-6-11-8(12-7)13-10/h5-6H,10H2,1-4H3,(H,11,12,13). The SMILES string of the molecule is CN(c1ccnc(NN)n1)C(C)(C)C. The summed E-state index contributed by atoms with van der Waals surface area (Å²) in [5.41, 5.74) is 2.45. The molecule has 1 heterocycles. The number of anilines is 2. The van der Waals surface area contributed by atoms with E-state index in [2.05, 4.69) is 41.1 Å². The Balaban J connectivity index is 2.95. The van der Waals surface area contributed by atoms with E-state index in [1.165, 1.54) is 0 Å². The fourth-order valence-electron chi connectivity index (χ4n) is 0.949. The van der Waals surface area contributed by atoms with Crippen LogP contribution in [-0.4, -0.2) is 22.6 Å². The molecule has 0 fully saturated rings. The zero-order valence-electron chi connectivity index (χ0n) is 9.07. The lowest BCUT2D eigenvalue weighted by Crippen LogP contribution is -2.38. The van der Waals surface area contributed by atoms with Crippen LogP contribution in [0.2, 0.25) is 0 Å². The normalized spacial score (nSPS) is 11.2. The van der Waals surface area contributed by atoms with Gasteiger partial charge in [-0.2, -0.15) is 4.98 Å². The molecule has 0 radical (unpaired) electrons. The lowest BCUT2D eigenvalue weighted by molar-refractivity contribution is 0.533. The zero-order chi connectivity index (χ0) is 10.8. The van der Waals surface area contributed by atoms with Crippen LogP contribution in [0.5, 0.6) is 0 Å². The second-order valence-electron chi connectivity index (χ2n) is 4.11. The number of nitrogens with one attached hydrogen (secondary N) is 1. The molecular weight excluding hydrogens is 178 g/mol. The average molecular weight is 195 g/mol. The molecule has 0 saturated heterocycles. The first-order valence-corrected chi connectivity index (χ1v) is 4.48. The van der Waals surface area contributed by atoms with Gasteiger partial charge < -0.3 is 4.90 Å². The second kappa shape index (κ2) is 3.79. The molecule has 0 saturated carbocycles. The molecule has 0 aromatic carbocycles. The van der Waals surface area contributed by atoms with Gasteiger partial charge in [0.25, 0.3) is 0 Å². The van der Waals surface area contributed by atoms with Crippen molar-refractivity contribution in [3.05, 3.63) is 12.3 Å². The van der Waals surface area contributed by atoms with Crippen molar-refractivity contribution < 1.29 is 0 Å². The Morgan fingerprint density at radius 2 is 2.07 bits per heavy atom. The molecule has 78 valence electrons. The highest BCUT2D eigenvalue weighted by Gasteiger charge is 2.18. The van der Waals surface area contributed by atoms with Crippen LogP contribution < -0.4 is 16.2 Å². The summed E-state index contributed by atoms with van der Waals surface area (Å²) in [5.74, 6) is 6.51. The van der Waals surface area contributed by atoms with Gasteiger partial charge in [0.1, 0.15) is 5.82 Å². The largest absolute Gasteiger partial charge is 0.355 e. The highest BCUT2D eigenvalue weighted by Crippen LogP contribution is 2.19. The number of hydrogen-bond acceptors (Lipinski definition) is 5. The van der Waals surface area contributed by atoms with Crippen molar-refractivity contribution in [2.45, 2.75) is 26.3 Å². The van der Waals surface area contributed by atoms with Crippen LogP contribution >= 0.6 is 0 Å². The van der Waals surface area contributed by atoms with Crippen LogP contribution in [0, 0.1) is 0 Å². The fourth-order valence-corrected chi connectivity index (χ4v) is 0.949. The number of nitrogens with zero attached hydrogens (tertiary/aromatic N) is 3. The van der Waals surface area contributed by atoms with E-state index in [9.17, 15) is 0 Å². The summed E-state index contributed by atoms with van der Waals surface area (Å²) < 4.78 is 0. The minimum absolute atomic E-state index is 0.0280. The van der Waals surface area contributed by atoms with E-state index < -0.39 is 0 Å². The number of hydrogen-bond donors (Lipinski definition) is 2. The van der Waals surface area contributed by atoms with E-state index in [1.54, 1.807) is 6.20 Å². The maximum atomic E-state index is 5.23. The molecule has 0 aliphatic rings. The van der Waals surface area contributed by atoms with Crippen molar-refractivity contribution in [3.8, 4) is 0 Å². The van der Waals surface area contributed by atoms with E-state index in [4.69, 9.17) is 5.84 Å². The van der Waals surface area contributed by atoms with Crippen LogP contribution in [0.1, 0.15) is 20.8 Å².